The second-order valence-electron chi connectivity index (χ2n) is 3.63. The Morgan fingerprint density at radius 3 is 3.00 bits per heavy atom. The molecule has 2 rings (SSSR count). The Bertz CT molecular complexity index is 542. The van der Waals surface area contributed by atoms with E-state index in [-0.39, 0.29) is 10.6 Å². The smallest absolute Gasteiger partial charge is 0.293 e. The van der Waals surface area contributed by atoms with Gasteiger partial charge >= 0.3 is 0 Å². The lowest BCUT2D eigenvalue weighted by Gasteiger charge is -2.06. The molecule has 0 saturated heterocycles. The fourth-order valence-electron chi connectivity index (χ4n) is 1.56. The van der Waals surface area contributed by atoms with E-state index in [1.54, 1.807) is 24.5 Å². The first kappa shape index (κ1) is 12.8. The number of nitro groups is 1. The number of aromatic nitrogens is 2. The zero-order chi connectivity index (χ0) is 13.0. The molecule has 0 unspecified atom stereocenters. The molecule has 0 saturated carbocycles. The lowest BCUT2D eigenvalue weighted by molar-refractivity contribution is -0.384. The third-order valence-corrected chi connectivity index (χ3v) is 3.06. The van der Waals surface area contributed by atoms with Crippen LogP contribution in [-0.4, -0.2) is 21.4 Å². The van der Waals surface area contributed by atoms with Crippen LogP contribution in [-0.2, 0) is 6.42 Å². The summed E-state index contributed by atoms with van der Waals surface area (Å²) in [5.41, 5.74) is 0.633. The molecule has 2 N–H and O–H groups in total. The van der Waals surface area contributed by atoms with Crippen molar-refractivity contribution in [2.24, 2.45) is 0 Å². The summed E-state index contributed by atoms with van der Waals surface area (Å²) in [6.45, 7) is 0.592. The first-order valence-electron chi connectivity index (χ1n) is 5.33. The van der Waals surface area contributed by atoms with Crippen molar-refractivity contribution in [2.75, 3.05) is 11.9 Å². The molecule has 7 heteroatoms. The Morgan fingerprint density at radius 1 is 1.50 bits per heavy atom. The standard InChI is InChI=1S/C11H11IN4O2/c12-8-1-2-9(10(7-8)16(17)18)13-4-3-11-14-5-6-15-11/h1-2,5-7,13H,3-4H2,(H,14,15). The number of aromatic amines is 1. The van der Waals surface area contributed by atoms with Gasteiger partial charge in [0.1, 0.15) is 11.5 Å². The third kappa shape index (κ3) is 3.19. The van der Waals surface area contributed by atoms with Gasteiger partial charge < -0.3 is 10.3 Å². The molecule has 0 amide bonds. The molecule has 0 aliphatic carbocycles. The van der Waals surface area contributed by atoms with E-state index in [1.807, 2.05) is 6.07 Å². The molecule has 0 atom stereocenters. The first-order valence-corrected chi connectivity index (χ1v) is 6.41. The lowest BCUT2D eigenvalue weighted by atomic mass is 10.2. The second kappa shape index (κ2) is 5.80. The Kier molecular flexibility index (Phi) is 4.13. The van der Waals surface area contributed by atoms with E-state index in [1.165, 1.54) is 0 Å². The number of nitrogens with zero attached hydrogens (tertiary/aromatic N) is 2. The van der Waals surface area contributed by atoms with Gasteiger partial charge in [-0.15, -0.1) is 0 Å². The maximum Gasteiger partial charge on any atom is 0.293 e. The summed E-state index contributed by atoms with van der Waals surface area (Å²) < 4.78 is 0.843. The van der Waals surface area contributed by atoms with Crippen LogP contribution < -0.4 is 5.32 Å². The normalized spacial score (nSPS) is 10.3. The van der Waals surface area contributed by atoms with Crippen LogP contribution >= 0.6 is 22.6 Å². The third-order valence-electron chi connectivity index (χ3n) is 2.39. The predicted octanol–water partition coefficient (Wildman–Crippen LogP) is 2.58. The Labute approximate surface area is 117 Å². The molecule has 0 fully saturated rings. The van der Waals surface area contributed by atoms with Crippen LogP contribution in [0, 0.1) is 13.7 Å². The summed E-state index contributed by atoms with van der Waals surface area (Å²) in [6, 6.07) is 5.11. The molecular weight excluding hydrogens is 347 g/mol. The molecule has 1 heterocycles. The van der Waals surface area contributed by atoms with Gasteiger partial charge in [-0.25, -0.2) is 4.98 Å². The van der Waals surface area contributed by atoms with Gasteiger partial charge in [0.05, 0.1) is 4.92 Å². The number of hydrogen-bond acceptors (Lipinski definition) is 4. The molecule has 0 aliphatic rings. The minimum atomic E-state index is -0.378. The highest BCUT2D eigenvalue weighted by Gasteiger charge is 2.13. The van der Waals surface area contributed by atoms with E-state index in [0.717, 1.165) is 9.39 Å². The van der Waals surface area contributed by atoms with Crippen molar-refractivity contribution in [2.45, 2.75) is 6.42 Å². The fraction of sp³-hybridized carbons (Fsp3) is 0.182. The van der Waals surface area contributed by atoms with Crippen molar-refractivity contribution in [3.8, 4) is 0 Å². The number of anilines is 1. The van der Waals surface area contributed by atoms with Crippen LogP contribution in [0.5, 0.6) is 0 Å². The van der Waals surface area contributed by atoms with Crippen LogP contribution in [0.3, 0.4) is 0 Å². The van der Waals surface area contributed by atoms with Gasteiger partial charge in [0.25, 0.3) is 5.69 Å². The minimum absolute atomic E-state index is 0.0985. The molecule has 0 aliphatic heterocycles. The Morgan fingerprint density at radius 2 is 2.33 bits per heavy atom. The summed E-state index contributed by atoms with van der Waals surface area (Å²) >= 11 is 2.05. The number of halogens is 1. The SMILES string of the molecule is O=[N+]([O-])c1cc(I)ccc1NCCc1ncc[nH]1. The van der Waals surface area contributed by atoms with Crippen LogP contribution in [0.25, 0.3) is 0 Å². The first-order chi connectivity index (χ1) is 8.66. The summed E-state index contributed by atoms with van der Waals surface area (Å²) in [6.07, 6.45) is 4.13. The van der Waals surface area contributed by atoms with E-state index >= 15 is 0 Å². The minimum Gasteiger partial charge on any atom is -0.379 e. The molecule has 0 spiro atoms. The second-order valence-corrected chi connectivity index (χ2v) is 4.88. The molecule has 0 radical (unpaired) electrons. The largest absolute Gasteiger partial charge is 0.379 e. The zero-order valence-electron chi connectivity index (χ0n) is 9.39. The van der Waals surface area contributed by atoms with Crippen molar-refractivity contribution in [3.63, 3.8) is 0 Å². The fourth-order valence-corrected chi connectivity index (χ4v) is 2.03. The van der Waals surface area contributed by atoms with E-state index in [4.69, 9.17) is 0 Å². The van der Waals surface area contributed by atoms with E-state index < -0.39 is 0 Å². The van der Waals surface area contributed by atoms with Gasteiger partial charge in [0, 0.05) is 35.0 Å². The summed E-state index contributed by atoms with van der Waals surface area (Å²) in [4.78, 5) is 17.6. The van der Waals surface area contributed by atoms with Gasteiger partial charge in [-0.1, -0.05) is 0 Å². The van der Waals surface area contributed by atoms with Crippen LogP contribution in [0.1, 0.15) is 5.82 Å². The van der Waals surface area contributed by atoms with Gasteiger partial charge in [-0.3, -0.25) is 10.1 Å². The topological polar surface area (TPSA) is 83.8 Å². The molecule has 0 bridgehead atoms. The Balaban J connectivity index is 2.02. The van der Waals surface area contributed by atoms with Crippen molar-refractivity contribution in [3.05, 3.63) is 50.1 Å². The highest BCUT2D eigenvalue weighted by molar-refractivity contribution is 14.1. The highest BCUT2D eigenvalue weighted by atomic mass is 127. The number of H-pyrrole nitrogens is 1. The summed E-state index contributed by atoms with van der Waals surface area (Å²) in [5.74, 6) is 0.857. The number of benzene rings is 1. The van der Waals surface area contributed by atoms with Crippen molar-refractivity contribution < 1.29 is 4.92 Å². The zero-order valence-corrected chi connectivity index (χ0v) is 11.5. The van der Waals surface area contributed by atoms with E-state index in [2.05, 4.69) is 37.9 Å². The maximum absolute atomic E-state index is 10.9. The number of nitro benzene ring substituents is 1. The molecule has 1 aromatic heterocycles. The molecule has 6 nitrogen and oxygen atoms in total. The van der Waals surface area contributed by atoms with Crippen molar-refractivity contribution in [1.82, 2.24) is 9.97 Å². The lowest BCUT2D eigenvalue weighted by Crippen LogP contribution is -2.07. The number of hydrogen-bond donors (Lipinski definition) is 2. The van der Waals surface area contributed by atoms with Crippen LogP contribution in [0.2, 0.25) is 0 Å². The van der Waals surface area contributed by atoms with E-state index in [9.17, 15) is 10.1 Å². The highest BCUT2D eigenvalue weighted by Crippen LogP contribution is 2.26. The van der Waals surface area contributed by atoms with Crippen molar-refractivity contribution in [1.29, 1.82) is 0 Å². The number of rotatable bonds is 5. The molecular formula is C11H11IN4O2. The predicted molar refractivity (Wildman–Crippen MR) is 76.6 cm³/mol. The molecule has 2 aromatic rings. The Hall–Kier alpha value is -1.64. The molecule has 94 valence electrons. The van der Waals surface area contributed by atoms with Gasteiger partial charge in [-0.05, 0) is 34.7 Å². The average Bonchev–Trinajstić information content (AvgIpc) is 2.84. The quantitative estimate of drug-likeness (QED) is 0.489. The number of nitrogens with one attached hydrogen (secondary N) is 2. The van der Waals surface area contributed by atoms with Gasteiger partial charge in [0.2, 0.25) is 0 Å². The van der Waals surface area contributed by atoms with E-state index in [0.29, 0.717) is 18.7 Å². The van der Waals surface area contributed by atoms with Crippen LogP contribution in [0.15, 0.2) is 30.6 Å². The van der Waals surface area contributed by atoms with Crippen LogP contribution in [0.4, 0.5) is 11.4 Å². The number of imidazole rings is 1. The summed E-state index contributed by atoms with van der Waals surface area (Å²) in [5, 5.41) is 14.0. The summed E-state index contributed by atoms with van der Waals surface area (Å²) in [7, 11) is 0. The molecule has 18 heavy (non-hydrogen) atoms. The maximum atomic E-state index is 10.9. The molecule has 1 aromatic carbocycles. The monoisotopic (exact) mass is 358 g/mol. The van der Waals surface area contributed by atoms with Crippen molar-refractivity contribution >= 4 is 34.0 Å². The van der Waals surface area contributed by atoms with Gasteiger partial charge in [-0.2, -0.15) is 0 Å². The average molecular weight is 358 g/mol. The van der Waals surface area contributed by atoms with Gasteiger partial charge in [0.15, 0.2) is 0 Å².